The van der Waals surface area contributed by atoms with Gasteiger partial charge in [-0.15, -0.1) is 4.59 Å². The number of hydrogen-bond acceptors (Lipinski definition) is 7. The number of ether oxygens (including phenoxy) is 1. The highest BCUT2D eigenvalue weighted by Gasteiger charge is 2.48. The lowest BCUT2D eigenvalue weighted by molar-refractivity contribution is -0.750. The van der Waals surface area contributed by atoms with Gasteiger partial charge in [-0.3, -0.25) is 14.6 Å². The molecular weight excluding hydrogens is 539 g/mol. The van der Waals surface area contributed by atoms with Gasteiger partial charge in [-0.1, -0.05) is 0 Å². The van der Waals surface area contributed by atoms with Crippen LogP contribution in [0.5, 0.6) is 5.75 Å². The molecule has 0 aliphatic carbocycles. The third-order valence-electron chi connectivity index (χ3n) is 7.96. The summed E-state index contributed by atoms with van der Waals surface area (Å²) in [5.74, 6) is 6.90. The fourth-order valence-electron chi connectivity index (χ4n) is 5.86. The third kappa shape index (κ3) is 4.70. The molecule has 1 aromatic carbocycles. The molecule has 4 aliphatic rings. The zero-order valence-corrected chi connectivity index (χ0v) is 22.1. The van der Waals surface area contributed by atoms with Crippen molar-refractivity contribution in [2.45, 2.75) is 37.9 Å². The van der Waals surface area contributed by atoms with Crippen LogP contribution < -0.4 is 15.9 Å². The molecule has 2 aromatic rings. The van der Waals surface area contributed by atoms with E-state index in [4.69, 9.17) is 15.6 Å². The Labute approximate surface area is 233 Å². The molecule has 10 nitrogen and oxygen atoms in total. The number of nitrogens with one attached hydrogen (secondary N) is 1. The van der Waals surface area contributed by atoms with Gasteiger partial charge in [0.1, 0.15) is 29.0 Å². The van der Waals surface area contributed by atoms with Gasteiger partial charge in [0, 0.05) is 36.7 Å². The summed E-state index contributed by atoms with van der Waals surface area (Å²) >= 11 is 0. The number of nitrogens with two attached hydrogens (primary N) is 1. The summed E-state index contributed by atoms with van der Waals surface area (Å²) in [7, 11) is 1.44. The van der Waals surface area contributed by atoms with Crippen LogP contribution in [0.3, 0.4) is 0 Å². The van der Waals surface area contributed by atoms with E-state index >= 15 is 0 Å². The number of methoxy groups -OCH3 is 1. The Kier molecular flexibility index (Phi) is 6.50. The molecule has 1 unspecified atom stereocenters. The number of pyridine rings is 1. The molecule has 0 spiro atoms. The second-order valence-corrected chi connectivity index (χ2v) is 10.4. The van der Waals surface area contributed by atoms with E-state index in [1.807, 2.05) is 4.90 Å². The van der Waals surface area contributed by atoms with Crippen molar-refractivity contribution >= 4 is 29.7 Å². The van der Waals surface area contributed by atoms with Crippen molar-refractivity contribution in [2.24, 2.45) is 21.7 Å². The van der Waals surface area contributed by atoms with Gasteiger partial charge in [0.05, 0.1) is 25.1 Å². The number of amidine groups is 1. The van der Waals surface area contributed by atoms with Gasteiger partial charge in [-0.25, -0.2) is 4.98 Å². The summed E-state index contributed by atoms with van der Waals surface area (Å²) in [5, 5.41) is 2.40. The monoisotopic (exact) mass is 566 g/mol. The molecule has 3 N–H and O–H groups in total. The van der Waals surface area contributed by atoms with Crippen molar-refractivity contribution in [2.75, 3.05) is 19.0 Å². The summed E-state index contributed by atoms with van der Waals surface area (Å²) in [5.41, 5.74) is 1.20. The number of hydrogen-bond donors (Lipinski definition) is 2. The van der Waals surface area contributed by atoms with E-state index in [1.165, 1.54) is 19.2 Å². The zero-order valence-electron chi connectivity index (χ0n) is 22.1. The second kappa shape index (κ2) is 9.93. The maximum atomic E-state index is 13.1. The lowest BCUT2D eigenvalue weighted by Gasteiger charge is -2.35. The maximum absolute atomic E-state index is 13.1. The van der Waals surface area contributed by atoms with E-state index < -0.39 is 17.6 Å². The summed E-state index contributed by atoms with van der Waals surface area (Å²) in [4.78, 5) is 40.4. The first kappa shape index (κ1) is 26.8. The number of amides is 2. The van der Waals surface area contributed by atoms with Gasteiger partial charge >= 0.3 is 6.18 Å². The van der Waals surface area contributed by atoms with Crippen LogP contribution in [0.25, 0.3) is 0 Å². The molecule has 3 atom stereocenters. The fraction of sp³-hybridized carbons (Fsp3) is 0.321. The number of benzene rings is 1. The van der Waals surface area contributed by atoms with Crippen molar-refractivity contribution in [3.63, 3.8) is 0 Å². The molecule has 212 valence electrons. The molecule has 0 saturated carbocycles. The zero-order chi connectivity index (χ0) is 28.9. The topological polar surface area (TPSA) is 122 Å². The van der Waals surface area contributed by atoms with E-state index in [-0.39, 0.29) is 33.8 Å². The van der Waals surface area contributed by atoms with Gasteiger partial charge in [-0.05, 0) is 49.6 Å². The summed E-state index contributed by atoms with van der Waals surface area (Å²) in [6.07, 6.45) is 4.58. The SMILES string of the molecule is COc1cc(C(=O)Nc2cc(C(F)(F)F)ccn2)ccc1C1=NC([C@@H]2CC[C@H]3CCC(=O)N3C2)=C2C=NC=C[N+]12N. The van der Waals surface area contributed by atoms with Crippen molar-refractivity contribution < 1.29 is 32.1 Å². The van der Waals surface area contributed by atoms with E-state index in [1.54, 1.807) is 24.7 Å². The highest BCUT2D eigenvalue weighted by Crippen LogP contribution is 2.41. The maximum Gasteiger partial charge on any atom is 0.416 e. The predicted molar refractivity (Wildman–Crippen MR) is 143 cm³/mol. The average molecular weight is 567 g/mol. The van der Waals surface area contributed by atoms with Crippen LogP contribution in [0, 0.1) is 5.92 Å². The molecule has 2 fully saturated rings. The van der Waals surface area contributed by atoms with Crippen molar-refractivity contribution in [1.29, 1.82) is 0 Å². The summed E-state index contributed by atoms with van der Waals surface area (Å²) in [6, 6.07) is 6.49. The van der Waals surface area contributed by atoms with Gasteiger partial charge < -0.3 is 15.0 Å². The molecular formula is C28H27F3N7O3+. The van der Waals surface area contributed by atoms with Crippen LogP contribution in [-0.2, 0) is 11.0 Å². The standard InChI is InChI=1S/C28H26F3N7O3/c1-41-22-12-16(27(40)35-23-13-18(8-9-34-23)28(29,30)31)3-6-20(22)26-36-25(21-14-33-10-11-38(21,26)32)17-2-4-19-5-7-24(39)37(19)15-17/h3,6,8-14,17,19H,2,4-5,7,15,32H2,1H3/p+1/t17-,19+,38?/m1/s1. The van der Waals surface area contributed by atoms with E-state index in [9.17, 15) is 22.8 Å². The molecule has 2 amide bonds. The Balaban J connectivity index is 1.30. The van der Waals surface area contributed by atoms with Crippen molar-refractivity contribution in [1.82, 2.24) is 9.88 Å². The minimum Gasteiger partial charge on any atom is -0.496 e. The molecule has 4 aliphatic heterocycles. The molecule has 41 heavy (non-hydrogen) atoms. The van der Waals surface area contributed by atoms with E-state index in [2.05, 4.69) is 15.3 Å². The Morgan fingerprint density at radius 1 is 1.20 bits per heavy atom. The van der Waals surface area contributed by atoms with Gasteiger partial charge in [0.25, 0.3) is 11.7 Å². The Hall–Kier alpha value is -4.36. The predicted octanol–water partition coefficient (Wildman–Crippen LogP) is 3.98. The molecule has 2 saturated heterocycles. The van der Waals surface area contributed by atoms with E-state index in [0.717, 1.165) is 43.3 Å². The number of carbonyl (C=O) groups is 2. The molecule has 6 rings (SSSR count). The number of aliphatic imine (C=N–C) groups is 2. The normalized spacial score (nSPS) is 25.2. The Morgan fingerprint density at radius 2 is 2.02 bits per heavy atom. The number of nitrogens with zero attached hydrogens (tertiary/aromatic N) is 5. The minimum atomic E-state index is -4.57. The van der Waals surface area contributed by atoms with Gasteiger partial charge in [0.15, 0.2) is 0 Å². The van der Waals surface area contributed by atoms with Crippen LogP contribution in [-0.4, -0.2) is 58.0 Å². The first-order valence-corrected chi connectivity index (χ1v) is 13.1. The Morgan fingerprint density at radius 3 is 2.80 bits per heavy atom. The number of aromatic nitrogens is 1. The molecule has 1 aromatic heterocycles. The van der Waals surface area contributed by atoms with Crippen molar-refractivity contribution in [3.8, 4) is 5.75 Å². The number of allylic oxidation sites excluding steroid dienone is 1. The third-order valence-corrected chi connectivity index (χ3v) is 7.96. The highest BCUT2D eigenvalue weighted by atomic mass is 19.4. The number of alkyl halides is 3. The van der Waals surface area contributed by atoms with Gasteiger partial charge in [0.2, 0.25) is 11.6 Å². The quantitative estimate of drug-likeness (QED) is 0.419. The number of piperidine rings is 1. The molecule has 0 bridgehead atoms. The lowest BCUT2D eigenvalue weighted by Crippen LogP contribution is -2.53. The molecule has 13 heteroatoms. The smallest absolute Gasteiger partial charge is 0.416 e. The number of fused-ring (bicyclic) bond motifs is 2. The van der Waals surface area contributed by atoms with Crippen LogP contribution in [0.15, 0.2) is 70.3 Å². The number of rotatable bonds is 5. The van der Waals surface area contributed by atoms with Crippen LogP contribution >= 0.6 is 0 Å². The minimum absolute atomic E-state index is 0.0178. The second-order valence-electron chi connectivity index (χ2n) is 10.4. The van der Waals surface area contributed by atoms with Crippen molar-refractivity contribution in [3.05, 3.63) is 77.0 Å². The summed E-state index contributed by atoms with van der Waals surface area (Å²) in [6.45, 7) is 0.566. The summed E-state index contributed by atoms with van der Waals surface area (Å²) < 4.78 is 44.6. The largest absolute Gasteiger partial charge is 0.496 e. The first-order valence-electron chi connectivity index (χ1n) is 13.1. The first-order chi connectivity index (χ1) is 19.6. The van der Waals surface area contributed by atoms with Gasteiger partial charge in [-0.2, -0.15) is 24.0 Å². The average Bonchev–Trinajstić information content (AvgIpc) is 3.48. The number of anilines is 1. The number of halogens is 3. The fourth-order valence-corrected chi connectivity index (χ4v) is 5.86. The molecule has 0 radical (unpaired) electrons. The van der Waals surface area contributed by atoms with Crippen LogP contribution in [0.1, 0.15) is 47.2 Å². The number of carbonyl (C=O) groups excluding carboxylic acids is 2. The lowest BCUT2D eigenvalue weighted by atomic mass is 9.90. The number of quaternary nitrogens is 1. The van der Waals surface area contributed by atoms with Crippen LogP contribution in [0.4, 0.5) is 19.0 Å². The van der Waals surface area contributed by atoms with Crippen LogP contribution in [0.2, 0.25) is 0 Å². The highest BCUT2D eigenvalue weighted by molar-refractivity contribution is 6.07. The molecule has 5 heterocycles. The van der Waals surface area contributed by atoms with E-state index in [0.29, 0.717) is 35.8 Å². The Bertz CT molecular complexity index is 1570.